The van der Waals surface area contributed by atoms with Crippen molar-refractivity contribution in [2.45, 2.75) is 77.9 Å². The highest BCUT2D eigenvalue weighted by molar-refractivity contribution is 7.87. The third-order valence-corrected chi connectivity index (χ3v) is 6.35. The molecule has 1 heterocycles. The minimum absolute atomic E-state index is 0.00763. The van der Waals surface area contributed by atoms with Crippen molar-refractivity contribution >= 4 is 22.3 Å². The van der Waals surface area contributed by atoms with Gasteiger partial charge in [0.25, 0.3) is 0 Å². The highest BCUT2D eigenvalue weighted by atomic mass is 32.2. The summed E-state index contributed by atoms with van der Waals surface area (Å²) in [6.45, 7) is 6.60. The predicted molar refractivity (Wildman–Crippen MR) is 95.6 cm³/mol. The van der Waals surface area contributed by atoms with Crippen LogP contribution in [0.25, 0.3) is 0 Å². The third kappa shape index (κ3) is 5.57. The summed E-state index contributed by atoms with van der Waals surface area (Å²) in [5, 5.41) is 0. The quantitative estimate of drug-likeness (QED) is 0.739. The van der Waals surface area contributed by atoms with Crippen molar-refractivity contribution in [3.05, 3.63) is 0 Å². The average molecular weight is 391 g/mol. The zero-order chi connectivity index (χ0) is 19.6. The van der Waals surface area contributed by atoms with E-state index in [-0.39, 0.29) is 12.0 Å². The summed E-state index contributed by atoms with van der Waals surface area (Å²) in [4.78, 5) is 23.1. The van der Waals surface area contributed by atoms with E-state index < -0.39 is 33.9 Å². The molecule has 1 atom stereocenters. The van der Waals surface area contributed by atoms with Gasteiger partial charge in [0.2, 0.25) is 0 Å². The smallest absolute Gasteiger partial charge is 0.422 e. The first-order valence-electron chi connectivity index (χ1n) is 9.08. The summed E-state index contributed by atoms with van der Waals surface area (Å²) >= 11 is 0. The lowest BCUT2D eigenvalue weighted by Crippen LogP contribution is -2.48. The second-order valence-electron chi connectivity index (χ2n) is 8.38. The lowest BCUT2D eigenvalue weighted by molar-refractivity contribution is -0.142. The lowest BCUT2D eigenvalue weighted by Gasteiger charge is -2.33. The average Bonchev–Trinajstić information content (AvgIpc) is 2.82. The first-order chi connectivity index (χ1) is 11.9. The lowest BCUT2D eigenvalue weighted by atomic mass is 9.73. The van der Waals surface area contributed by atoms with Gasteiger partial charge in [0.15, 0.2) is 0 Å². The van der Waals surface area contributed by atoms with Gasteiger partial charge in [-0.2, -0.15) is 12.7 Å². The molecule has 1 unspecified atom stereocenters. The molecule has 1 amide bonds. The van der Waals surface area contributed by atoms with Gasteiger partial charge in [0.05, 0.1) is 6.04 Å². The molecule has 2 fully saturated rings. The van der Waals surface area contributed by atoms with E-state index in [4.69, 9.17) is 9.47 Å². The molecule has 1 aliphatic carbocycles. The number of carbonyl (C=O) groups is 2. The molecule has 2 aliphatic rings. The van der Waals surface area contributed by atoms with E-state index in [1.54, 1.807) is 20.8 Å². The van der Waals surface area contributed by atoms with Crippen LogP contribution in [-0.4, -0.2) is 49.6 Å². The van der Waals surface area contributed by atoms with Gasteiger partial charge < -0.3 is 9.47 Å². The Morgan fingerprint density at radius 1 is 1.19 bits per heavy atom. The fourth-order valence-electron chi connectivity index (χ4n) is 3.89. The molecule has 9 heteroatoms. The molecule has 1 saturated carbocycles. The molecule has 8 nitrogen and oxygen atoms in total. The molecule has 0 aromatic heterocycles. The Morgan fingerprint density at radius 3 is 2.35 bits per heavy atom. The van der Waals surface area contributed by atoms with Crippen LogP contribution in [0.3, 0.4) is 0 Å². The van der Waals surface area contributed by atoms with Gasteiger partial charge >= 0.3 is 22.3 Å². The van der Waals surface area contributed by atoms with Gasteiger partial charge in [0, 0.05) is 13.5 Å². The van der Waals surface area contributed by atoms with Crippen molar-refractivity contribution < 1.29 is 27.5 Å². The molecule has 0 aromatic rings. The first-order valence-corrected chi connectivity index (χ1v) is 10.5. The Bertz CT molecular complexity index is 634. The Labute approximate surface area is 155 Å². The summed E-state index contributed by atoms with van der Waals surface area (Å²) in [6.07, 6.45) is 4.80. The number of hydrogen-bond acceptors (Lipinski definition) is 6. The van der Waals surface area contributed by atoms with E-state index >= 15 is 0 Å². The summed E-state index contributed by atoms with van der Waals surface area (Å²) in [6, 6.07) is -0.475. The zero-order valence-electron chi connectivity index (χ0n) is 16.0. The van der Waals surface area contributed by atoms with Crippen LogP contribution in [-0.2, 0) is 24.5 Å². The fourth-order valence-corrected chi connectivity index (χ4v) is 5.23. The third-order valence-electron chi connectivity index (χ3n) is 4.88. The largest absolute Gasteiger partial charge is 0.464 e. The van der Waals surface area contributed by atoms with E-state index in [1.807, 2.05) is 4.72 Å². The van der Waals surface area contributed by atoms with Crippen LogP contribution in [0.5, 0.6) is 0 Å². The summed E-state index contributed by atoms with van der Waals surface area (Å²) in [5.74, 6) is -0.452. The molecular formula is C17H30N2O6S. The van der Waals surface area contributed by atoms with Crippen LogP contribution in [0.2, 0.25) is 0 Å². The predicted octanol–water partition coefficient (Wildman–Crippen LogP) is 2.34. The highest BCUT2D eigenvalue weighted by Crippen LogP contribution is 2.47. The maximum absolute atomic E-state index is 12.8. The van der Waals surface area contributed by atoms with E-state index in [1.165, 1.54) is 11.2 Å². The van der Waals surface area contributed by atoms with Crippen LogP contribution < -0.4 is 4.72 Å². The number of nitrogens with one attached hydrogen (secondary N) is 1. The molecule has 0 bridgehead atoms. The SMILES string of the molecule is CC(=O)OCC1CC2(CCCCC2)CN1S(=O)(=O)NC(=O)OC(C)(C)C. The topological polar surface area (TPSA) is 102 Å². The second kappa shape index (κ2) is 7.72. The minimum atomic E-state index is -4.09. The molecule has 0 aromatic carbocycles. The molecule has 0 radical (unpaired) electrons. The molecule has 1 N–H and O–H groups in total. The minimum Gasteiger partial charge on any atom is -0.464 e. The van der Waals surface area contributed by atoms with E-state index in [9.17, 15) is 18.0 Å². The van der Waals surface area contributed by atoms with Crippen molar-refractivity contribution in [1.29, 1.82) is 0 Å². The number of amides is 1. The molecule has 1 aliphatic heterocycles. The standard InChI is InChI=1S/C17H30N2O6S/c1-13(20)24-11-14-10-17(8-6-5-7-9-17)12-19(14)26(22,23)18-15(21)25-16(2,3)4/h14H,5-12H2,1-4H3,(H,18,21). The van der Waals surface area contributed by atoms with Crippen LogP contribution >= 0.6 is 0 Å². The van der Waals surface area contributed by atoms with E-state index in [0.717, 1.165) is 32.1 Å². The maximum Gasteiger partial charge on any atom is 0.422 e. The summed E-state index contributed by atoms with van der Waals surface area (Å²) < 4.78 is 39.0. The molecule has 150 valence electrons. The number of rotatable bonds is 4. The Morgan fingerprint density at radius 2 is 1.81 bits per heavy atom. The zero-order valence-corrected chi connectivity index (χ0v) is 16.9. The van der Waals surface area contributed by atoms with E-state index in [2.05, 4.69) is 0 Å². The number of esters is 1. The number of carbonyl (C=O) groups excluding carboxylic acids is 2. The van der Waals surface area contributed by atoms with Crippen molar-refractivity contribution in [2.24, 2.45) is 5.41 Å². The van der Waals surface area contributed by atoms with Crippen molar-refractivity contribution in [1.82, 2.24) is 9.03 Å². The Kier molecular flexibility index (Phi) is 6.22. The van der Waals surface area contributed by atoms with E-state index in [0.29, 0.717) is 13.0 Å². The monoisotopic (exact) mass is 390 g/mol. The van der Waals surface area contributed by atoms with Crippen LogP contribution in [0.15, 0.2) is 0 Å². The van der Waals surface area contributed by atoms with Crippen molar-refractivity contribution in [2.75, 3.05) is 13.2 Å². The molecule has 26 heavy (non-hydrogen) atoms. The molecule has 2 rings (SSSR count). The van der Waals surface area contributed by atoms with Gasteiger partial charge in [-0.3, -0.25) is 4.79 Å². The Balaban J connectivity index is 2.15. The first kappa shape index (κ1) is 21.0. The highest BCUT2D eigenvalue weighted by Gasteiger charge is 2.49. The summed E-state index contributed by atoms with van der Waals surface area (Å²) in [7, 11) is -4.09. The molecular weight excluding hydrogens is 360 g/mol. The van der Waals surface area contributed by atoms with Gasteiger partial charge in [-0.15, -0.1) is 0 Å². The van der Waals surface area contributed by atoms with Gasteiger partial charge in [-0.05, 0) is 45.4 Å². The molecule has 1 spiro atoms. The van der Waals surface area contributed by atoms with Crippen LogP contribution in [0.1, 0.15) is 66.2 Å². The second-order valence-corrected chi connectivity index (χ2v) is 10.00. The number of ether oxygens (including phenoxy) is 2. The summed E-state index contributed by atoms with van der Waals surface area (Å²) in [5.41, 5.74) is -0.905. The van der Waals surface area contributed by atoms with Crippen LogP contribution in [0.4, 0.5) is 4.79 Å². The number of nitrogens with zero attached hydrogens (tertiary/aromatic N) is 1. The fraction of sp³-hybridized carbons (Fsp3) is 0.882. The van der Waals surface area contributed by atoms with Gasteiger partial charge in [-0.1, -0.05) is 19.3 Å². The van der Waals surface area contributed by atoms with Crippen molar-refractivity contribution in [3.63, 3.8) is 0 Å². The normalized spacial score (nSPS) is 23.6. The molecule has 1 saturated heterocycles. The Hall–Kier alpha value is -1.35. The van der Waals surface area contributed by atoms with Gasteiger partial charge in [-0.25, -0.2) is 9.52 Å². The van der Waals surface area contributed by atoms with Gasteiger partial charge in [0.1, 0.15) is 12.2 Å². The van der Waals surface area contributed by atoms with Crippen molar-refractivity contribution in [3.8, 4) is 0 Å². The maximum atomic E-state index is 12.8. The van der Waals surface area contributed by atoms with Crippen LogP contribution in [0, 0.1) is 5.41 Å². The number of hydrogen-bond donors (Lipinski definition) is 1.